The summed E-state index contributed by atoms with van der Waals surface area (Å²) in [4.78, 5) is 30.2. The number of amides is 1. The quantitative estimate of drug-likeness (QED) is 0.280. The van der Waals surface area contributed by atoms with E-state index in [1.807, 2.05) is 43.3 Å². The van der Waals surface area contributed by atoms with Gasteiger partial charge in [-0.05, 0) is 55.5 Å². The maximum atomic E-state index is 12.7. The molecule has 0 spiro atoms. The molecule has 0 unspecified atom stereocenters. The molecule has 0 radical (unpaired) electrons. The molecule has 0 fully saturated rings. The molecule has 3 heterocycles. The molecule has 10 heteroatoms. The van der Waals surface area contributed by atoms with Crippen LogP contribution in [-0.4, -0.2) is 37.1 Å². The highest BCUT2D eigenvalue weighted by atomic mass is 35.5. The van der Waals surface area contributed by atoms with E-state index in [0.29, 0.717) is 21.4 Å². The van der Waals surface area contributed by atoms with Crippen molar-refractivity contribution in [3.63, 3.8) is 0 Å². The summed E-state index contributed by atoms with van der Waals surface area (Å²) in [5.74, 6) is 0.0537. The van der Waals surface area contributed by atoms with Crippen LogP contribution < -0.4 is 5.32 Å². The summed E-state index contributed by atoms with van der Waals surface area (Å²) in [7, 11) is 0. The van der Waals surface area contributed by atoms with Gasteiger partial charge in [-0.2, -0.15) is 5.10 Å². The van der Waals surface area contributed by atoms with Crippen molar-refractivity contribution in [1.82, 2.24) is 19.6 Å². The highest BCUT2D eigenvalue weighted by Crippen LogP contribution is 2.33. The molecule has 0 saturated carbocycles. The monoisotopic (exact) mass is 519 g/mol. The minimum absolute atomic E-state index is 0.250. The maximum Gasteiger partial charge on any atom is 0.290 e. The third-order valence-electron chi connectivity index (χ3n) is 5.14. The smallest absolute Gasteiger partial charge is 0.290 e. The number of carbonyl (C=O) groups excluding carboxylic acids is 1. The molecule has 3 aromatic heterocycles. The second-order valence-corrected chi connectivity index (χ2v) is 8.40. The number of anilines is 1. The van der Waals surface area contributed by atoms with Gasteiger partial charge in [-0.1, -0.05) is 47.0 Å². The van der Waals surface area contributed by atoms with Gasteiger partial charge < -0.3 is 10.4 Å². The van der Waals surface area contributed by atoms with E-state index in [-0.39, 0.29) is 12.4 Å². The van der Waals surface area contributed by atoms with Gasteiger partial charge in [0.05, 0.1) is 15.7 Å². The van der Waals surface area contributed by atoms with Crippen molar-refractivity contribution < 1.29 is 14.7 Å². The second-order valence-electron chi connectivity index (χ2n) is 7.59. The van der Waals surface area contributed by atoms with Crippen LogP contribution >= 0.6 is 23.2 Å². The van der Waals surface area contributed by atoms with Crippen molar-refractivity contribution >= 4 is 47.0 Å². The molecular formula is C26H19Cl2N5O3. The van der Waals surface area contributed by atoms with Crippen LogP contribution in [0, 0.1) is 6.92 Å². The van der Waals surface area contributed by atoms with E-state index in [4.69, 9.17) is 38.1 Å². The molecule has 5 rings (SSSR count). The van der Waals surface area contributed by atoms with Crippen LogP contribution in [-0.2, 0) is 4.79 Å². The van der Waals surface area contributed by atoms with Crippen molar-refractivity contribution in [1.29, 1.82) is 0 Å². The third-order valence-corrected chi connectivity index (χ3v) is 5.88. The second kappa shape index (κ2) is 11.0. The van der Waals surface area contributed by atoms with Crippen LogP contribution in [0.25, 0.3) is 28.2 Å². The summed E-state index contributed by atoms with van der Waals surface area (Å²) in [5, 5.41) is 14.9. The van der Waals surface area contributed by atoms with E-state index >= 15 is 0 Å². The number of carbonyl (C=O) groups is 2. The van der Waals surface area contributed by atoms with Gasteiger partial charge in [0.1, 0.15) is 11.5 Å². The summed E-state index contributed by atoms with van der Waals surface area (Å²) < 4.78 is 1.79. The van der Waals surface area contributed by atoms with Crippen LogP contribution in [0.2, 0.25) is 10.0 Å². The average molecular weight is 520 g/mol. The van der Waals surface area contributed by atoms with Crippen molar-refractivity contribution in [2.75, 3.05) is 5.32 Å². The highest BCUT2D eigenvalue weighted by molar-refractivity contribution is 6.42. The topological polar surface area (TPSA) is 109 Å². The molecule has 1 amide bonds. The first-order valence-corrected chi connectivity index (χ1v) is 11.4. The average Bonchev–Trinajstić information content (AvgIpc) is 3.26. The number of benzene rings is 2. The minimum Gasteiger partial charge on any atom is -0.483 e. The van der Waals surface area contributed by atoms with Gasteiger partial charge in [0, 0.05) is 29.1 Å². The third kappa shape index (κ3) is 5.35. The van der Waals surface area contributed by atoms with Gasteiger partial charge in [0.25, 0.3) is 12.4 Å². The number of aromatic nitrogens is 4. The number of aryl methyl sites for hydroxylation is 1. The first-order chi connectivity index (χ1) is 17.4. The summed E-state index contributed by atoms with van der Waals surface area (Å²) in [6, 6.07) is 20.3. The molecule has 180 valence electrons. The predicted molar refractivity (Wildman–Crippen MR) is 139 cm³/mol. The number of nitrogens with zero attached hydrogens (tertiary/aromatic N) is 4. The lowest BCUT2D eigenvalue weighted by atomic mass is 10.0. The number of rotatable bonds is 4. The fourth-order valence-corrected chi connectivity index (χ4v) is 3.91. The standard InChI is InChI=1S/C25H17Cl2N5O.CH2O2/c1-15-4-2-5-16(12-15)23-24(32-22(31-23)6-3-10-29-32)17-9-11-28-21(14-17)30-25(33)18-7-8-19(26)20(27)13-18;2-1-3/h2-14H,1H3,(H,28,30,33);1H,(H,2,3). The molecule has 0 aliphatic carbocycles. The van der Waals surface area contributed by atoms with Gasteiger partial charge in [-0.3, -0.25) is 9.59 Å². The number of imidazole rings is 1. The van der Waals surface area contributed by atoms with Crippen LogP contribution in [0.15, 0.2) is 79.1 Å². The number of nitrogens with one attached hydrogen (secondary N) is 1. The van der Waals surface area contributed by atoms with Crippen molar-refractivity contribution in [2.45, 2.75) is 6.92 Å². The Labute approximate surface area is 216 Å². The summed E-state index contributed by atoms with van der Waals surface area (Å²) in [6.45, 7) is 1.79. The van der Waals surface area contributed by atoms with Crippen LogP contribution in [0.1, 0.15) is 15.9 Å². The van der Waals surface area contributed by atoms with Crippen LogP contribution in [0.5, 0.6) is 0 Å². The zero-order valence-electron chi connectivity index (χ0n) is 18.9. The van der Waals surface area contributed by atoms with Gasteiger partial charge in [-0.25, -0.2) is 14.5 Å². The van der Waals surface area contributed by atoms with Gasteiger partial charge in [-0.15, -0.1) is 0 Å². The molecule has 5 aromatic rings. The van der Waals surface area contributed by atoms with Gasteiger partial charge >= 0.3 is 0 Å². The van der Waals surface area contributed by atoms with Gasteiger partial charge in [0.2, 0.25) is 0 Å². The Morgan fingerprint density at radius 3 is 2.53 bits per heavy atom. The normalized spacial score (nSPS) is 10.4. The molecule has 0 atom stereocenters. The Morgan fingerprint density at radius 2 is 1.78 bits per heavy atom. The van der Waals surface area contributed by atoms with Gasteiger partial charge in [0.15, 0.2) is 5.65 Å². The van der Waals surface area contributed by atoms with E-state index in [2.05, 4.69) is 21.5 Å². The van der Waals surface area contributed by atoms with E-state index < -0.39 is 0 Å². The zero-order valence-corrected chi connectivity index (χ0v) is 20.4. The Kier molecular flexibility index (Phi) is 7.58. The Hall–Kier alpha value is -4.27. The Morgan fingerprint density at radius 1 is 0.972 bits per heavy atom. The minimum atomic E-state index is -0.339. The number of pyridine rings is 1. The van der Waals surface area contributed by atoms with Crippen molar-refractivity contribution in [2.24, 2.45) is 0 Å². The largest absolute Gasteiger partial charge is 0.483 e. The van der Waals surface area contributed by atoms with Crippen LogP contribution in [0.3, 0.4) is 0 Å². The van der Waals surface area contributed by atoms with E-state index in [9.17, 15) is 4.79 Å². The SMILES string of the molecule is Cc1cccc(-c2nc3cccnn3c2-c2ccnc(NC(=O)c3ccc(Cl)c(Cl)c3)c2)c1.O=CO. The van der Waals surface area contributed by atoms with Crippen LogP contribution in [0.4, 0.5) is 5.82 Å². The Bertz CT molecular complexity index is 1570. The molecule has 0 bridgehead atoms. The predicted octanol–water partition coefficient (Wildman–Crippen LogP) is 6.03. The first kappa shape index (κ1) is 24.8. The highest BCUT2D eigenvalue weighted by Gasteiger charge is 2.18. The molecular weight excluding hydrogens is 501 g/mol. The number of carboxylic acid groups (broad SMARTS) is 1. The van der Waals surface area contributed by atoms with Crippen molar-refractivity contribution in [3.05, 3.63) is 100 Å². The summed E-state index contributed by atoms with van der Waals surface area (Å²) in [5.41, 5.74) is 5.64. The zero-order chi connectivity index (χ0) is 25.7. The van der Waals surface area contributed by atoms with E-state index in [1.165, 1.54) is 6.07 Å². The molecule has 36 heavy (non-hydrogen) atoms. The Balaban J connectivity index is 0.000000967. The molecule has 0 saturated heterocycles. The molecule has 2 aromatic carbocycles. The fourth-order valence-electron chi connectivity index (χ4n) is 3.61. The lowest BCUT2D eigenvalue weighted by molar-refractivity contribution is -0.122. The maximum absolute atomic E-state index is 12.7. The number of halogens is 2. The number of hydrogen-bond acceptors (Lipinski definition) is 5. The number of hydrogen-bond donors (Lipinski definition) is 2. The first-order valence-electron chi connectivity index (χ1n) is 10.6. The molecule has 2 N–H and O–H groups in total. The molecule has 0 aliphatic rings. The van der Waals surface area contributed by atoms with Crippen molar-refractivity contribution in [3.8, 4) is 22.5 Å². The molecule has 0 aliphatic heterocycles. The van der Waals surface area contributed by atoms with E-state index in [1.54, 1.807) is 35.1 Å². The molecule has 8 nitrogen and oxygen atoms in total. The van der Waals surface area contributed by atoms with E-state index in [0.717, 1.165) is 33.7 Å². The lowest BCUT2D eigenvalue weighted by Crippen LogP contribution is -2.13. The summed E-state index contributed by atoms with van der Waals surface area (Å²) in [6.07, 6.45) is 3.36. The lowest BCUT2D eigenvalue weighted by Gasteiger charge is -2.09. The number of fused-ring (bicyclic) bond motifs is 1. The summed E-state index contributed by atoms with van der Waals surface area (Å²) >= 11 is 12.0. The fraction of sp³-hybridized carbons (Fsp3) is 0.0385.